The maximum absolute atomic E-state index is 2.79. The molecule has 2 saturated heterocycles. The fraction of sp³-hybridized carbons (Fsp3) is 0.333. The lowest BCUT2D eigenvalue weighted by Crippen LogP contribution is -2.39. The second kappa shape index (κ2) is 6.84. The van der Waals surface area contributed by atoms with Gasteiger partial charge in [0.2, 0.25) is 0 Å². The van der Waals surface area contributed by atoms with Gasteiger partial charge in [-0.25, -0.2) is 0 Å². The first-order valence-corrected chi connectivity index (χ1v) is 11.7. The van der Waals surface area contributed by atoms with Crippen LogP contribution in [0.1, 0.15) is 41.7 Å². The van der Waals surface area contributed by atoms with Crippen LogP contribution >= 0.6 is 34.0 Å². The number of nitrogens with zero attached hydrogens (tertiary/aromatic N) is 1. The zero-order chi connectivity index (χ0) is 16.6. The first-order valence-electron chi connectivity index (χ1n) is 8.94. The van der Waals surface area contributed by atoms with Gasteiger partial charge in [0, 0.05) is 23.5 Å². The molecule has 0 radical (unpaired) electrons. The van der Waals surface area contributed by atoms with E-state index in [9.17, 15) is 0 Å². The van der Waals surface area contributed by atoms with Gasteiger partial charge in [-0.05, 0) is 87.5 Å². The average molecular weight is 384 g/mol. The summed E-state index contributed by atoms with van der Waals surface area (Å²) in [5.41, 5.74) is 6.05. The van der Waals surface area contributed by atoms with Crippen LogP contribution < -0.4 is 0 Å². The summed E-state index contributed by atoms with van der Waals surface area (Å²) in [5, 5.41) is 11.3. The van der Waals surface area contributed by atoms with Crippen molar-refractivity contribution in [3.8, 4) is 0 Å². The molecule has 2 atom stereocenters. The molecule has 0 spiro atoms. The third-order valence-corrected chi connectivity index (χ3v) is 7.85. The Hall–Kier alpha value is -1.20. The van der Waals surface area contributed by atoms with Crippen molar-refractivity contribution in [3.05, 3.63) is 72.7 Å². The van der Waals surface area contributed by atoms with Gasteiger partial charge in [-0.2, -0.15) is 22.7 Å². The van der Waals surface area contributed by atoms with Crippen molar-refractivity contribution in [1.29, 1.82) is 0 Å². The molecule has 3 aromatic heterocycles. The molecule has 0 aliphatic carbocycles. The zero-order valence-electron chi connectivity index (χ0n) is 14.1. The van der Waals surface area contributed by atoms with Crippen LogP contribution in [-0.2, 0) is 6.54 Å². The van der Waals surface area contributed by atoms with Gasteiger partial charge < -0.3 is 0 Å². The van der Waals surface area contributed by atoms with Gasteiger partial charge in [-0.15, -0.1) is 11.3 Å². The molecular weight excluding hydrogens is 362 g/mol. The van der Waals surface area contributed by atoms with Crippen LogP contribution in [0.15, 0.2) is 56.7 Å². The number of hydrogen-bond donors (Lipinski definition) is 0. The van der Waals surface area contributed by atoms with E-state index >= 15 is 0 Å². The van der Waals surface area contributed by atoms with Crippen LogP contribution in [0.25, 0.3) is 5.57 Å². The van der Waals surface area contributed by atoms with Crippen LogP contribution in [0.5, 0.6) is 0 Å². The van der Waals surface area contributed by atoms with E-state index in [1.54, 1.807) is 5.57 Å². The Morgan fingerprint density at radius 2 is 1.60 bits per heavy atom. The maximum Gasteiger partial charge on any atom is 0.0334 e. The number of fused-ring (bicyclic) bond motifs is 2. The molecule has 128 valence electrons. The third kappa shape index (κ3) is 3.06. The molecule has 2 fully saturated rings. The van der Waals surface area contributed by atoms with Gasteiger partial charge >= 0.3 is 0 Å². The van der Waals surface area contributed by atoms with Crippen molar-refractivity contribution in [3.63, 3.8) is 0 Å². The van der Waals surface area contributed by atoms with Crippen molar-refractivity contribution in [1.82, 2.24) is 4.90 Å². The summed E-state index contributed by atoms with van der Waals surface area (Å²) in [6.45, 7) is 1.15. The summed E-state index contributed by atoms with van der Waals surface area (Å²) < 4.78 is 0. The summed E-state index contributed by atoms with van der Waals surface area (Å²) in [6.07, 6.45) is 5.20. The normalized spacial score (nSPS) is 23.3. The van der Waals surface area contributed by atoms with Crippen molar-refractivity contribution in [2.24, 2.45) is 0 Å². The summed E-state index contributed by atoms with van der Waals surface area (Å²) in [6, 6.07) is 10.5. The van der Waals surface area contributed by atoms with E-state index in [1.165, 1.54) is 47.3 Å². The molecule has 2 bridgehead atoms. The molecule has 2 aliphatic rings. The standard InChI is InChI=1S/C21H21NS3/c1-2-20(25-7-1)12-22-18-3-4-19(22)11-17(10-18)21(15-5-8-23-13-15)16-6-9-24-14-16/h1-2,5-9,13-14,18-19H,3-4,10-12H2. The molecule has 0 aromatic carbocycles. The van der Waals surface area contributed by atoms with E-state index in [-0.39, 0.29) is 0 Å². The molecule has 25 heavy (non-hydrogen) atoms. The van der Waals surface area contributed by atoms with Gasteiger partial charge in [-0.3, -0.25) is 4.90 Å². The predicted molar refractivity (Wildman–Crippen MR) is 111 cm³/mol. The van der Waals surface area contributed by atoms with Crippen LogP contribution in [0.3, 0.4) is 0 Å². The Morgan fingerprint density at radius 3 is 2.12 bits per heavy atom. The predicted octanol–water partition coefficient (Wildman–Crippen LogP) is 6.50. The number of thiophene rings is 3. The molecule has 4 heteroatoms. The third-order valence-electron chi connectivity index (χ3n) is 5.63. The van der Waals surface area contributed by atoms with E-state index in [4.69, 9.17) is 0 Å². The monoisotopic (exact) mass is 383 g/mol. The Morgan fingerprint density at radius 1 is 0.920 bits per heavy atom. The summed E-state index contributed by atoms with van der Waals surface area (Å²) >= 11 is 5.52. The Kier molecular flexibility index (Phi) is 4.38. The van der Waals surface area contributed by atoms with Crippen LogP contribution in [-0.4, -0.2) is 17.0 Å². The van der Waals surface area contributed by atoms with Crippen LogP contribution in [0.4, 0.5) is 0 Å². The highest BCUT2D eigenvalue weighted by Gasteiger charge is 2.39. The lowest BCUT2D eigenvalue weighted by atomic mass is 9.87. The summed E-state index contributed by atoms with van der Waals surface area (Å²) in [5.74, 6) is 0. The second-order valence-electron chi connectivity index (χ2n) is 7.05. The molecule has 0 N–H and O–H groups in total. The fourth-order valence-electron chi connectivity index (χ4n) is 4.54. The highest BCUT2D eigenvalue weighted by molar-refractivity contribution is 7.10. The van der Waals surface area contributed by atoms with E-state index in [0.717, 1.165) is 18.6 Å². The van der Waals surface area contributed by atoms with Gasteiger partial charge in [0.25, 0.3) is 0 Å². The first kappa shape index (κ1) is 16.0. The summed E-state index contributed by atoms with van der Waals surface area (Å²) in [4.78, 5) is 4.30. The maximum atomic E-state index is 2.79. The zero-order valence-corrected chi connectivity index (χ0v) is 16.5. The Balaban J connectivity index is 1.48. The lowest BCUT2D eigenvalue weighted by Gasteiger charge is -2.37. The fourth-order valence-corrected chi connectivity index (χ4v) is 6.54. The molecular formula is C21H21NS3. The Labute approximate surface area is 161 Å². The number of rotatable bonds is 4. The highest BCUT2D eigenvalue weighted by atomic mass is 32.1. The average Bonchev–Trinajstić information content (AvgIpc) is 3.39. The smallest absolute Gasteiger partial charge is 0.0334 e. The van der Waals surface area contributed by atoms with Crippen LogP contribution in [0, 0.1) is 0 Å². The quantitative estimate of drug-likeness (QED) is 0.497. The van der Waals surface area contributed by atoms with E-state index in [0.29, 0.717) is 0 Å². The summed E-state index contributed by atoms with van der Waals surface area (Å²) in [7, 11) is 0. The van der Waals surface area contributed by atoms with E-state index in [1.807, 2.05) is 34.0 Å². The van der Waals surface area contributed by atoms with Gasteiger partial charge in [0.1, 0.15) is 0 Å². The molecule has 5 rings (SSSR count). The molecule has 0 amide bonds. The van der Waals surface area contributed by atoms with Gasteiger partial charge in [0.05, 0.1) is 0 Å². The molecule has 0 saturated carbocycles. The SMILES string of the molecule is c1csc(CN2C3CCC2CC(=C(c2ccsc2)c2ccsc2)C3)c1. The van der Waals surface area contributed by atoms with Crippen LogP contribution in [0.2, 0.25) is 0 Å². The van der Waals surface area contributed by atoms with E-state index in [2.05, 4.69) is 56.1 Å². The minimum Gasteiger partial charge on any atom is -0.292 e. The highest BCUT2D eigenvalue weighted by Crippen LogP contribution is 2.44. The van der Waals surface area contributed by atoms with Crippen molar-refractivity contribution >= 4 is 39.6 Å². The topological polar surface area (TPSA) is 3.24 Å². The largest absolute Gasteiger partial charge is 0.292 e. The number of hydrogen-bond acceptors (Lipinski definition) is 4. The molecule has 2 aliphatic heterocycles. The minimum atomic E-state index is 0.725. The Bertz CT molecular complexity index is 791. The van der Waals surface area contributed by atoms with Crippen molar-refractivity contribution < 1.29 is 0 Å². The minimum absolute atomic E-state index is 0.725. The van der Waals surface area contributed by atoms with Gasteiger partial charge in [0.15, 0.2) is 0 Å². The van der Waals surface area contributed by atoms with Crippen molar-refractivity contribution in [2.45, 2.75) is 44.3 Å². The number of piperidine rings is 1. The van der Waals surface area contributed by atoms with Crippen molar-refractivity contribution in [2.75, 3.05) is 0 Å². The lowest BCUT2D eigenvalue weighted by molar-refractivity contribution is 0.159. The second-order valence-corrected chi connectivity index (χ2v) is 9.64. The molecule has 1 nitrogen and oxygen atoms in total. The molecule has 5 heterocycles. The van der Waals surface area contributed by atoms with Gasteiger partial charge in [-0.1, -0.05) is 11.6 Å². The first-order chi connectivity index (χ1) is 12.4. The molecule has 2 unspecified atom stereocenters. The molecule has 3 aromatic rings. The van der Waals surface area contributed by atoms with E-state index < -0.39 is 0 Å².